The summed E-state index contributed by atoms with van der Waals surface area (Å²) in [5, 5.41) is 0. The Morgan fingerprint density at radius 1 is 0.871 bits per heavy atom. The molecule has 0 aromatic heterocycles. The first-order chi connectivity index (χ1) is 15.1. The minimum absolute atomic E-state index is 0.0709. The second-order valence-corrected chi connectivity index (χ2v) is 7.22. The lowest BCUT2D eigenvalue weighted by molar-refractivity contribution is -0.139. The number of methoxy groups -OCH3 is 1. The molecule has 0 saturated carbocycles. The van der Waals surface area contributed by atoms with Crippen LogP contribution in [0.5, 0.6) is 11.5 Å². The van der Waals surface area contributed by atoms with Crippen LogP contribution in [0.4, 0.5) is 5.69 Å². The second-order valence-electron chi connectivity index (χ2n) is 7.22. The third-order valence-corrected chi connectivity index (χ3v) is 5.21. The zero-order valence-electron chi connectivity index (χ0n) is 17.0. The van der Waals surface area contributed by atoms with E-state index < -0.39 is 11.9 Å². The van der Waals surface area contributed by atoms with Crippen molar-refractivity contribution in [3.63, 3.8) is 0 Å². The van der Waals surface area contributed by atoms with Gasteiger partial charge in [-0.2, -0.15) is 0 Å². The molecular formula is C25H21NO5. The molecule has 0 N–H and O–H groups in total. The molecule has 6 heteroatoms. The highest BCUT2D eigenvalue weighted by molar-refractivity contribution is 6.09. The first-order valence-electron chi connectivity index (χ1n) is 9.91. The Kier molecular flexibility index (Phi) is 5.80. The van der Waals surface area contributed by atoms with Crippen molar-refractivity contribution >= 4 is 23.3 Å². The molecule has 4 rings (SSSR count). The topological polar surface area (TPSA) is 72.9 Å². The molecule has 6 nitrogen and oxygen atoms in total. The Balaban J connectivity index is 1.42. The van der Waals surface area contributed by atoms with Gasteiger partial charge in [0.15, 0.2) is 5.78 Å². The monoisotopic (exact) mass is 415 g/mol. The highest BCUT2D eigenvalue weighted by Gasteiger charge is 2.37. The summed E-state index contributed by atoms with van der Waals surface area (Å²) in [4.78, 5) is 39.2. The first kappa shape index (κ1) is 20.3. The van der Waals surface area contributed by atoms with Crippen molar-refractivity contribution in [3.8, 4) is 11.5 Å². The molecule has 31 heavy (non-hydrogen) atoms. The van der Waals surface area contributed by atoms with E-state index in [4.69, 9.17) is 9.47 Å². The predicted molar refractivity (Wildman–Crippen MR) is 115 cm³/mol. The van der Waals surface area contributed by atoms with E-state index in [1.54, 1.807) is 65.6 Å². The summed E-state index contributed by atoms with van der Waals surface area (Å²) in [5.41, 5.74) is 1.73. The fourth-order valence-corrected chi connectivity index (χ4v) is 3.58. The van der Waals surface area contributed by atoms with Gasteiger partial charge in [0, 0.05) is 24.1 Å². The van der Waals surface area contributed by atoms with E-state index in [-0.39, 0.29) is 24.7 Å². The van der Waals surface area contributed by atoms with Gasteiger partial charge in [0.2, 0.25) is 5.91 Å². The summed E-state index contributed by atoms with van der Waals surface area (Å²) in [7, 11) is 1.54. The zero-order chi connectivity index (χ0) is 21.8. The summed E-state index contributed by atoms with van der Waals surface area (Å²) in [6.07, 6.45) is 0.0709. The summed E-state index contributed by atoms with van der Waals surface area (Å²) in [5.74, 6) is -0.417. The molecule has 1 aliphatic rings. The predicted octanol–water partition coefficient (Wildman–Crippen LogP) is 3.88. The van der Waals surface area contributed by atoms with Gasteiger partial charge < -0.3 is 14.4 Å². The minimum atomic E-state index is -0.581. The summed E-state index contributed by atoms with van der Waals surface area (Å²) in [6, 6.07) is 22.6. The van der Waals surface area contributed by atoms with Crippen LogP contribution < -0.4 is 14.4 Å². The van der Waals surface area contributed by atoms with Crippen LogP contribution in [0, 0.1) is 5.92 Å². The molecule has 3 aromatic carbocycles. The molecule has 1 fully saturated rings. The molecule has 1 amide bonds. The molecule has 1 heterocycles. The smallest absolute Gasteiger partial charge is 0.316 e. The molecule has 0 unspecified atom stereocenters. The molecule has 156 valence electrons. The molecule has 3 aromatic rings. The maximum atomic E-state index is 12.6. The van der Waals surface area contributed by atoms with Crippen LogP contribution in [0.1, 0.15) is 22.3 Å². The number of rotatable bonds is 6. The number of amides is 1. The lowest BCUT2D eigenvalue weighted by Gasteiger charge is -2.19. The average molecular weight is 415 g/mol. The lowest BCUT2D eigenvalue weighted by atomic mass is 10.0. The van der Waals surface area contributed by atoms with Gasteiger partial charge in [-0.15, -0.1) is 0 Å². The van der Waals surface area contributed by atoms with E-state index >= 15 is 0 Å². The van der Waals surface area contributed by atoms with Gasteiger partial charge in [-0.25, -0.2) is 0 Å². The summed E-state index contributed by atoms with van der Waals surface area (Å²) in [6.45, 7) is 0.225. The third kappa shape index (κ3) is 4.33. The van der Waals surface area contributed by atoms with E-state index in [1.807, 2.05) is 18.2 Å². The van der Waals surface area contributed by atoms with Crippen molar-refractivity contribution in [2.45, 2.75) is 6.42 Å². The first-order valence-corrected chi connectivity index (χ1v) is 9.91. The average Bonchev–Trinajstić information content (AvgIpc) is 3.21. The van der Waals surface area contributed by atoms with E-state index in [2.05, 4.69) is 0 Å². The van der Waals surface area contributed by atoms with Crippen LogP contribution in [0.15, 0.2) is 78.9 Å². The van der Waals surface area contributed by atoms with Gasteiger partial charge in [0.25, 0.3) is 0 Å². The molecule has 0 aliphatic carbocycles. The van der Waals surface area contributed by atoms with Crippen LogP contribution in [0.3, 0.4) is 0 Å². The van der Waals surface area contributed by atoms with E-state index in [0.717, 1.165) is 0 Å². The Labute approximate surface area is 180 Å². The number of carbonyl (C=O) groups excluding carboxylic acids is 3. The Morgan fingerprint density at radius 2 is 1.52 bits per heavy atom. The maximum Gasteiger partial charge on any atom is 0.316 e. The molecule has 0 radical (unpaired) electrons. The number of nitrogens with zero attached hydrogens (tertiary/aromatic N) is 1. The van der Waals surface area contributed by atoms with Gasteiger partial charge in [-0.1, -0.05) is 42.5 Å². The van der Waals surface area contributed by atoms with Crippen LogP contribution in [0.2, 0.25) is 0 Å². The van der Waals surface area contributed by atoms with Crippen LogP contribution >= 0.6 is 0 Å². The van der Waals surface area contributed by atoms with Crippen molar-refractivity contribution in [1.29, 1.82) is 0 Å². The van der Waals surface area contributed by atoms with Gasteiger partial charge >= 0.3 is 5.97 Å². The molecule has 0 spiro atoms. The van der Waals surface area contributed by atoms with Crippen molar-refractivity contribution in [3.05, 3.63) is 90.0 Å². The number of carbonyl (C=O) groups is 3. The number of hydrogen-bond acceptors (Lipinski definition) is 5. The lowest BCUT2D eigenvalue weighted by Crippen LogP contribution is -2.27. The van der Waals surface area contributed by atoms with Crippen molar-refractivity contribution < 1.29 is 23.9 Å². The van der Waals surface area contributed by atoms with Crippen LogP contribution in [0.25, 0.3) is 0 Å². The minimum Gasteiger partial charge on any atom is -0.495 e. The van der Waals surface area contributed by atoms with Crippen molar-refractivity contribution in [1.82, 2.24) is 0 Å². The highest BCUT2D eigenvalue weighted by Crippen LogP contribution is 2.33. The van der Waals surface area contributed by atoms with E-state index in [0.29, 0.717) is 28.3 Å². The standard InChI is InChI=1S/C25H21NO5/c1-30-22-10-6-5-9-21(22)26-16-19(15-23(26)27)25(29)31-20-13-11-18(12-14-20)24(28)17-7-3-2-4-8-17/h2-14,19H,15-16H2,1H3/t19-/m0/s1. The maximum absolute atomic E-state index is 12.6. The van der Waals surface area contributed by atoms with Crippen LogP contribution in [-0.2, 0) is 9.59 Å². The fraction of sp³-hybridized carbons (Fsp3) is 0.160. The molecule has 1 saturated heterocycles. The van der Waals surface area contributed by atoms with Gasteiger partial charge in [-0.05, 0) is 36.4 Å². The molecular weight excluding hydrogens is 394 g/mol. The molecule has 1 atom stereocenters. The molecule has 1 aliphatic heterocycles. The number of benzene rings is 3. The fourth-order valence-electron chi connectivity index (χ4n) is 3.58. The quantitative estimate of drug-likeness (QED) is 0.347. The SMILES string of the molecule is COc1ccccc1N1C[C@@H](C(=O)Oc2ccc(C(=O)c3ccccc3)cc2)CC1=O. The zero-order valence-corrected chi connectivity index (χ0v) is 17.0. The Morgan fingerprint density at radius 3 is 2.23 bits per heavy atom. The number of ketones is 1. The van der Waals surface area contributed by atoms with Gasteiger partial charge in [-0.3, -0.25) is 14.4 Å². The van der Waals surface area contributed by atoms with Crippen LogP contribution in [-0.4, -0.2) is 31.3 Å². The normalized spacial score (nSPS) is 15.6. The van der Waals surface area contributed by atoms with Gasteiger partial charge in [0.1, 0.15) is 11.5 Å². The van der Waals surface area contributed by atoms with Gasteiger partial charge in [0.05, 0.1) is 18.7 Å². The van der Waals surface area contributed by atoms with E-state index in [1.165, 1.54) is 7.11 Å². The third-order valence-electron chi connectivity index (χ3n) is 5.21. The number of esters is 1. The Hall–Kier alpha value is -3.93. The van der Waals surface area contributed by atoms with Crippen molar-refractivity contribution in [2.24, 2.45) is 5.92 Å². The number of ether oxygens (including phenoxy) is 2. The summed E-state index contributed by atoms with van der Waals surface area (Å²) >= 11 is 0. The second kappa shape index (κ2) is 8.83. The largest absolute Gasteiger partial charge is 0.495 e. The molecule has 0 bridgehead atoms. The number of anilines is 1. The Bertz CT molecular complexity index is 1110. The highest BCUT2D eigenvalue weighted by atomic mass is 16.5. The van der Waals surface area contributed by atoms with E-state index in [9.17, 15) is 14.4 Å². The number of hydrogen-bond donors (Lipinski definition) is 0. The summed E-state index contributed by atoms with van der Waals surface area (Å²) < 4.78 is 10.8. The number of para-hydroxylation sites is 2. The van der Waals surface area contributed by atoms with Crippen molar-refractivity contribution in [2.75, 3.05) is 18.6 Å².